The van der Waals surface area contributed by atoms with Gasteiger partial charge in [0.25, 0.3) is 0 Å². The third-order valence-electron chi connectivity index (χ3n) is 5.14. The SMILES string of the molecule is CC(C)CC1(C(=NC2CCCCCC2)NN)CCCC1. The summed E-state index contributed by atoms with van der Waals surface area (Å²) in [4.78, 5) is 5.10. The average Bonchev–Trinajstić information content (AvgIpc) is 2.72. The van der Waals surface area contributed by atoms with E-state index in [0.29, 0.717) is 12.0 Å². The molecule has 0 saturated heterocycles. The van der Waals surface area contributed by atoms with Crippen LogP contribution in [0.1, 0.15) is 84.5 Å². The lowest BCUT2D eigenvalue weighted by atomic mass is 9.77. The van der Waals surface area contributed by atoms with Crippen LogP contribution in [0.15, 0.2) is 4.99 Å². The lowest BCUT2D eigenvalue weighted by Crippen LogP contribution is -2.44. The molecule has 3 heteroatoms. The van der Waals surface area contributed by atoms with Gasteiger partial charge in [0.15, 0.2) is 0 Å². The molecule has 0 bridgehead atoms. The number of nitrogens with one attached hydrogen (secondary N) is 1. The summed E-state index contributed by atoms with van der Waals surface area (Å²) in [6, 6.07) is 0.508. The average molecular weight is 279 g/mol. The second-order valence-electron chi connectivity index (χ2n) is 7.35. The Bertz CT molecular complexity index is 308. The second kappa shape index (κ2) is 7.44. The van der Waals surface area contributed by atoms with Crippen molar-refractivity contribution in [3.8, 4) is 0 Å². The second-order valence-corrected chi connectivity index (χ2v) is 7.35. The number of amidine groups is 1. The molecular formula is C17H33N3. The molecule has 2 rings (SSSR count). The normalized spacial score (nSPS) is 24.9. The van der Waals surface area contributed by atoms with Crippen LogP contribution in [-0.4, -0.2) is 11.9 Å². The summed E-state index contributed by atoms with van der Waals surface area (Å²) in [7, 11) is 0. The Kier molecular flexibility index (Phi) is 5.88. The van der Waals surface area contributed by atoms with E-state index in [1.807, 2.05) is 0 Å². The lowest BCUT2D eigenvalue weighted by Gasteiger charge is -2.33. The molecule has 0 atom stereocenters. The van der Waals surface area contributed by atoms with E-state index in [4.69, 9.17) is 10.8 Å². The topological polar surface area (TPSA) is 50.4 Å². The molecule has 3 N–H and O–H groups in total. The fourth-order valence-corrected chi connectivity index (χ4v) is 4.27. The van der Waals surface area contributed by atoms with Crippen molar-refractivity contribution < 1.29 is 0 Å². The van der Waals surface area contributed by atoms with Gasteiger partial charge in [-0.2, -0.15) is 0 Å². The standard InChI is InChI=1S/C17H33N3/c1-14(2)13-17(11-7-8-12-17)16(20-18)19-15-9-5-3-4-6-10-15/h14-15H,3-13,18H2,1-2H3,(H,19,20). The van der Waals surface area contributed by atoms with E-state index in [1.165, 1.54) is 70.6 Å². The first-order valence-corrected chi connectivity index (χ1v) is 8.71. The third kappa shape index (κ3) is 3.97. The molecule has 0 heterocycles. The Hall–Kier alpha value is -0.570. The highest BCUT2D eigenvalue weighted by molar-refractivity contribution is 5.88. The van der Waals surface area contributed by atoms with E-state index in [-0.39, 0.29) is 5.41 Å². The highest BCUT2D eigenvalue weighted by atomic mass is 15.3. The zero-order chi connectivity index (χ0) is 14.4. The maximum atomic E-state index is 5.89. The van der Waals surface area contributed by atoms with Crippen molar-refractivity contribution in [3.63, 3.8) is 0 Å². The Morgan fingerprint density at radius 1 is 1.10 bits per heavy atom. The van der Waals surface area contributed by atoms with E-state index in [0.717, 1.165) is 5.84 Å². The van der Waals surface area contributed by atoms with Gasteiger partial charge in [0.1, 0.15) is 5.84 Å². The van der Waals surface area contributed by atoms with E-state index in [2.05, 4.69) is 19.3 Å². The van der Waals surface area contributed by atoms with Gasteiger partial charge in [-0.1, -0.05) is 52.4 Å². The summed E-state index contributed by atoms with van der Waals surface area (Å²) >= 11 is 0. The van der Waals surface area contributed by atoms with Crippen molar-refractivity contribution in [1.29, 1.82) is 0 Å². The van der Waals surface area contributed by atoms with Gasteiger partial charge < -0.3 is 5.43 Å². The zero-order valence-corrected chi connectivity index (χ0v) is 13.5. The number of hydrogen-bond acceptors (Lipinski definition) is 2. The number of nitrogens with two attached hydrogens (primary N) is 1. The van der Waals surface area contributed by atoms with Crippen molar-refractivity contribution in [1.82, 2.24) is 5.43 Å². The number of rotatable bonds is 4. The van der Waals surface area contributed by atoms with E-state index in [1.54, 1.807) is 0 Å². The molecule has 0 radical (unpaired) electrons. The largest absolute Gasteiger partial charge is 0.312 e. The zero-order valence-electron chi connectivity index (χ0n) is 13.5. The molecule has 2 fully saturated rings. The van der Waals surface area contributed by atoms with Crippen LogP contribution < -0.4 is 11.3 Å². The molecule has 20 heavy (non-hydrogen) atoms. The fourth-order valence-electron chi connectivity index (χ4n) is 4.27. The highest BCUT2D eigenvalue weighted by Crippen LogP contribution is 2.44. The van der Waals surface area contributed by atoms with Gasteiger partial charge in [-0.3, -0.25) is 4.99 Å². The predicted octanol–water partition coefficient (Wildman–Crippen LogP) is 4.18. The molecule has 2 saturated carbocycles. The van der Waals surface area contributed by atoms with Crippen molar-refractivity contribution in [2.75, 3.05) is 0 Å². The van der Waals surface area contributed by atoms with Crippen LogP contribution in [0.3, 0.4) is 0 Å². The minimum atomic E-state index is 0.245. The number of nitrogens with zero attached hydrogens (tertiary/aromatic N) is 1. The van der Waals surface area contributed by atoms with Crippen molar-refractivity contribution in [3.05, 3.63) is 0 Å². The van der Waals surface area contributed by atoms with Crippen LogP contribution in [0.5, 0.6) is 0 Å². The van der Waals surface area contributed by atoms with Crippen LogP contribution in [-0.2, 0) is 0 Å². The van der Waals surface area contributed by atoms with Crippen LogP contribution in [0.2, 0.25) is 0 Å². The molecule has 116 valence electrons. The van der Waals surface area contributed by atoms with Gasteiger partial charge in [0.2, 0.25) is 0 Å². The minimum Gasteiger partial charge on any atom is -0.312 e. The summed E-state index contributed by atoms with van der Waals surface area (Å²) in [6.07, 6.45) is 14.4. The first-order chi connectivity index (χ1) is 9.66. The molecule has 0 unspecified atom stereocenters. The number of hydrazine groups is 1. The minimum absolute atomic E-state index is 0.245. The third-order valence-corrected chi connectivity index (χ3v) is 5.14. The van der Waals surface area contributed by atoms with E-state index < -0.39 is 0 Å². The molecular weight excluding hydrogens is 246 g/mol. The maximum Gasteiger partial charge on any atom is 0.117 e. The van der Waals surface area contributed by atoms with Gasteiger partial charge in [0, 0.05) is 5.41 Å². The van der Waals surface area contributed by atoms with Gasteiger partial charge >= 0.3 is 0 Å². The Labute approximate surface area is 124 Å². The van der Waals surface area contributed by atoms with Gasteiger partial charge in [-0.25, -0.2) is 5.84 Å². The molecule has 0 aromatic carbocycles. The molecule has 0 aromatic heterocycles. The fraction of sp³-hybridized carbons (Fsp3) is 0.941. The number of aliphatic imine (C=N–C) groups is 1. The van der Waals surface area contributed by atoms with Gasteiger partial charge in [-0.05, 0) is 38.0 Å². The first kappa shape index (κ1) is 15.8. The van der Waals surface area contributed by atoms with Crippen LogP contribution >= 0.6 is 0 Å². The molecule has 3 nitrogen and oxygen atoms in total. The molecule has 0 spiro atoms. The molecule has 0 amide bonds. The summed E-state index contributed by atoms with van der Waals surface area (Å²) in [5.41, 5.74) is 3.25. The van der Waals surface area contributed by atoms with Crippen LogP contribution in [0.4, 0.5) is 0 Å². The molecule has 2 aliphatic carbocycles. The van der Waals surface area contributed by atoms with Crippen molar-refractivity contribution >= 4 is 5.84 Å². The van der Waals surface area contributed by atoms with Gasteiger partial charge in [-0.15, -0.1) is 0 Å². The Balaban J connectivity index is 2.14. The van der Waals surface area contributed by atoms with Gasteiger partial charge in [0.05, 0.1) is 6.04 Å². The van der Waals surface area contributed by atoms with Crippen LogP contribution in [0, 0.1) is 11.3 Å². The lowest BCUT2D eigenvalue weighted by molar-refractivity contribution is 0.328. The monoisotopic (exact) mass is 279 g/mol. The summed E-state index contributed by atoms with van der Waals surface area (Å²) in [6.45, 7) is 4.64. The predicted molar refractivity (Wildman–Crippen MR) is 86.6 cm³/mol. The molecule has 2 aliphatic rings. The first-order valence-electron chi connectivity index (χ1n) is 8.71. The Morgan fingerprint density at radius 2 is 1.70 bits per heavy atom. The summed E-state index contributed by atoms with van der Waals surface area (Å²) < 4.78 is 0. The van der Waals surface area contributed by atoms with E-state index in [9.17, 15) is 0 Å². The summed E-state index contributed by atoms with van der Waals surface area (Å²) in [5, 5.41) is 0. The maximum absolute atomic E-state index is 5.89. The van der Waals surface area contributed by atoms with Crippen molar-refractivity contribution in [2.45, 2.75) is 90.5 Å². The van der Waals surface area contributed by atoms with Crippen LogP contribution in [0.25, 0.3) is 0 Å². The van der Waals surface area contributed by atoms with E-state index >= 15 is 0 Å². The summed E-state index contributed by atoms with van der Waals surface area (Å²) in [5.74, 6) is 7.72. The highest BCUT2D eigenvalue weighted by Gasteiger charge is 2.39. The number of hydrogen-bond donors (Lipinski definition) is 2. The van der Waals surface area contributed by atoms with Crippen molar-refractivity contribution in [2.24, 2.45) is 22.2 Å². The molecule has 0 aromatic rings. The smallest absolute Gasteiger partial charge is 0.117 e. The molecule has 0 aliphatic heterocycles. The quantitative estimate of drug-likeness (QED) is 0.267. The Morgan fingerprint density at radius 3 is 2.20 bits per heavy atom.